The molecular weight excluding hydrogens is 266 g/mol. The van der Waals surface area contributed by atoms with Crippen molar-refractivity contribution in [1.29, 1.82) is 0 Å². The number of para-hydroxylation sites is 1. The molecule has 1 aromatic carbocycles. The molecule has 0 spiro atoms. The van der Waals surface area contributed by atoms with Crippen LogP contribution in [-0.4, -0.2) is 53.3 Å². The molecule has 0 bridgehead atoms. The van der Waals surface area contributed by atoms with Crippen LogP contribution in [0.1, 0.15) is 23.2 Å². The fourth-order valence-corrected chi connectivity index (χ4v) is 2.80. The molecule has 1 aliphatic heterocycles. The van der Waals surface area contributed by atoms with Crippen molar-refractivity contribution in [2.45, 2.75) is 12.8 Å². The molecule has 0 aliphatic carbocycles. The Morgan fingerprint density at radius 1 is 1.24 bits per heavy atom. The van der Waals surface area contributed by atoms with Crippen molar-refractivity contribution in [1.82, 2.24) is 14.8 Å². The highest BCUT2D eigenvalue weighted by atomic mass is 16.2. The van der Waals surface area contributed by atoms with Gasteiger partial charge in [-0.15, -0.1) is 0 Å². The van der Waals surface area contributed by atoms with Crippen LogP contribution in [0.4, 0.5) is 0 Å². The second-order valence-corrected chi connectivity index (χ2v) is 5.50. The fourth-order valence-electron chi connectivity index (χ4n) is 2.80. The van der Waals surface area contributed by atoms with Gasteiger partial charge in [0.25, 0.3) is 5.91 Å². The summed E-state index contributed by atoms with van der Waals surface area (Å²) in [5.41, 5.74) is 1.54. The Hall–Kier alpha value is -2.30. The average molecular weight is 285 g/mol. The van der Waals surface area contributed by atoms with E-state index in [9.17, 15) is 9.59 Å². The van der Waals surface area contributed by atoms with E-state index in [2.05, 4.69) is 4.98 Å². The third-order valence-electron chi connectivity index (χ3n) is 4.00. The number of aromatic amines is 1. The van der Waals surface area contributed by atoms with Crippen molar-refractivity contribution < 1.29 is 9.59 Å². The minimum Gasteiger partial charge on any atom is -0.360 e. The summed E-state index contributed by atoms with van der Waals surface area (Å²) < 4.78 is 0. The van der Waals surface area contributed by atoms with Crippen LogP contribution in [-0.2, 0) is 4.79 Å². The summed E-state index contributed by atoms with van der Waals surface area (Å²) in [7, 11) is 1.68. The molecule has 5 nitrogen and oxygen atoms in total. The van der Waals surface area contributed by atoms with Crippen LogP contribution in [0.2, 0.25) is 0 Å². The number of aromatic nitrogens is 1. The zero-order valence-electron chi connectivity index (χ0n) is 12.1. The van der Waals surface area contributed by atoms with Gasteiger partial charge in [-0.1, -0.05) is 18.2 Å². The topological polar surface area (TPSA) is 56.4 Å². The minimum absolute atomic E-state index is 0.0307. The first-order valence-electron chi connectivity index (χ1n) is 7.26. The van der Waals surface area contributed by atoms with Crippen molar-refractivity contribution >= 4 is 22.7 Å². The van der Waals surface area contributed by atoms with Gasteiger partial charge >= 0.3 is 0 Å². The van der Waals surface area contributed by atoms with Gasteiger partial charge in [-0.3, -0.25) is 9.59 Å². The lowest BCUT2D eigenvalue weighted by Crippen LogP contribution is -2.39. The van der Waals surface area contributed by atoms with E-state index in [1.54, 1.807) is 13.2 Å². The zero-order chi connectivity index (χ0) is 14.8. The van der Waals surface area contributed by atoms with Crippen LogP contribution in [0.25, 0.3) is 10.9 Å². The number of carbonyl (C=O) groups excluding carboxylic acids is 2. The summed E-state index contributed by atoms with van der Waals surface area (Å²) in [6.07, 6.45) is 3.83. The smallest absolute Gasteiger partial charge is 0.256 e. The Labute approximate surface area is 123 Å². The monoisotopic (exact) mass is 285 g/mol. The number of rotatable bonds is 3. The Bertz CT molecular complexity index is 671. The van der Waals surface area contributed by atoms with E-state index < -0.39 is 0 Å². The maximum atomic E-state index is 12.5. The summed E-state index contributed by atoms with van der Waals surface area (Å²) in [6, 6.07) is 7.67. The largest absolute Gasteiger partial charge is 0.360 e. The average Bonchev–Trinajstić information content (AvgIpc) is 3.15. The molecule has 1 aromatic heterocycles. The highest BCUT2D eigenvalue weighted by Crippen LogP contribution is 2.19. The molecule has 21 heavy (non-hydrogen) atoms. The van der Waals surface area contributed by atoms with Crippen LogP contribution in [0.15, 0.2) is 30.5 Å². The van der Waals surface area contributed by atoms with E-state index in [0.717, 1.165) is 36.8 Å². The predicted molar refractivity (Wildman–Crippen MR) is 81.1 cm³/mol. The molecule has 1 saturated heterocycles. The van der Waals surface area contributed by atoms with Crippen LogP contribution in [0, 0.1) is 0 Å². The second kappa shape index (κ2) is 5.60. The number of likely N-dealkylation sites (tertiary alicyclic amines) is 1. The molecule has 110 valence electrons. The summed E-state index contributed by atoms with van der Waals surface area (Å²) in [4.78, 5) is 31.0. The Morgan fingerprint density at radius 2 is 1.95 bits per heavy atom. The quantitative estimate of drug-likeness (QED) is 0.936. The van der Waals surface area contributed by atoms with Crippen molar-refractivity contribution in [3.63, 3.8) is 0 Å². The number of hydrogen-bond donors (Lipinski definition) is 1. The van der Waals surface area contributed by atoms with Crippen molar-refractivity contribution in [3.8, 4) is 0 Å². The van der Waals surface area contributed by atoms with E-state index >= 15 is 0 Å². The van der Waals surface area contributed by atoms with Crippen LogP contribution in [0.5, 0.6) is 0 Å². The molecular formula is C16H19N3O2. The van der Waals surface area contributed by atoms with E-state index in [4.69, 9.17) is 0 Å². The molecule has 1 aliphatic rings. The number of nitrogens with one attached hydrogen (secondary N) is 1. The number of H-pyrrole nitrogens is 1. The lowest BCUT2D eigenvalue weighted by Gasteiger charge is -2.21. The summed E-state index contributed by atoms with van der Waals surface area (Å²) >= 11 is 0. The Morgan fingerprint density at radius 3 is 2.71 bits per heavy atom. The highest BCUT2D eigenvalue weighted by Gasteiger charge is 2.22. The van der Waals surface area contributed by atoms with Gasteiger partial charge in [0, 0.05) is 37.2 Å². The second-order valence-electron chi connectivity index (χ2n) is 5.50. The normalized spacial score (nSPS) is 14.6. The van der Waals surface area contributed by atoms with Crippen LogP contribution in [0.3, 0.4) is 0 Å². The molecule has 1 N–H and O–H groups in total. The lowest BCUT2D eigenvalue weighted by molar-refractivity contribution is -0.130. The van der Waals surface area contributed by atoms with Crippen LogP contribution < -0.4 is 0 Å². The van der Waals surface area contributed by atoms with Gasteiger partial charge in [-0.25, -0.2) is 0 Å². The third-order valence-corrected chi connectivity index (χ3v) is 4.00. The van der Waals surface area contributed by atoms with E-state index in [1.807, 2.05) is 29.2 Å². The SMILES string of the molecule is CN(CC(=O)N1CCCC1)C(=O)c1c[nH]c2ccccc12. The molecule has 5 heteroatoms. The summed E-state index contributed by atoms with van der Waals surface area (Å²) in [5, 5.41) is 0.892. The van der Waals surface area contributed by atoms with Gasteiger partial charge in [-0.2, -0.15) is 0 Å². The molecule has 0 atom stereocenters. The molecule has 0 radical (unpaired) electrons. The zero-order valence-corrected chi connectivity index (χ0v) is 12.1. The highest BCUT2D eigenvalue weighted by molar-refractivity contribution is 6.07. The molecule has 0 saturated carbocycles. The first kappa shape index (κ1) is 13.7. The van der Waals surface area contributed by atoms with Gasteiger partial charge in [0.15, 0.2) is 0 Å². The van der Waals surface area contributed by atoms with Gasteiger partial charge in [0.05, 0.1) is 12.1 Å². The Balaban J connectivity index is 1.73. The van der Waals surface area contributed by atoms with Crippen molar-refractivity contribution in [2.24, 2.45) is 0 Å². The molecule has 0 unspecified atom stereocenters. The first-order valence-corrected chi connectivity index (χ1v) is 7.26. The first-order chi connectivity index (χ1) is 10.2. The standard InChI is InChI=1S/C16H19N3O2/c1-18(11-15(20)19-8-4-5-9-19)16(21)13-10-17-14-7-3-2-6-12(13)14/h2-3,6-7,10,17H,4-5,8-9,11H2,1H3. The van der Waals surface area contributed by atoms with Gasteiger partial charge in [-0.05, 0) is 18.9 Å². The number of fused-ring (bicyclic) bond motifs is 1. The maximum absolute atomic E-state index is 12.5. The number of likely N-dealkylation sites (N-methyl/N-ethyl adjacent to an activating group) is 1. The molecule has 2 amide bonds. The number of benzene rings is 1. The van der Waals surface area contributed by atoms with Crippen LogP contribution >= 0.6 is 0 Å². The van der Waals surface area contributed by atoms with Gasteiger partial charge in [0.1, 0.15) is 0 Å². The fraction of sp³-hybridized carbons (Fsp3) is 0.375. The Kier molecular flexibility index (Phi) is 3.64. The van der Waals surface area contributed by atoms with Gasteiger partial charge in [0.2, 0.25) is 5.91 Å². The molecule has 2 aromatic rings. The summed E-state index contributed by atoms with van der Waals surface area (Å²) in [5.74, 6) is -0.0943. The summed E-state index contributed by atoms with van der Waals surface area (Å²) in [6.45, 7) is 1.76. The molecule has 2 heterocycles. The van der Waals surface area contributed by atoms with E-state index in [-0.39, 0.29) is 18.4 Å². The van der Waals surface area contributed by atoms with E-state index in [0.29, 0.717) is 5.56 Å². The minimum atomic E-state index is -0.125. The molecule has 3 rings (SSSR count). The van der Waals surface area contributed by atoms with Crippen molar-refractivity contribution in [2.75, 3.05) is 26.7 Å². The maximum Gasteiger partial charge on any atom is 0.256 e. The number of hydrogen-bond acceptors (Lipinski definition) is 2. The lowest BCUT2D eigenvalue weighted by atomic mass is 10.1. The third kappa shape index (κ3) is 2.63. The van der Waals surface area contributed by atoms with Gasteiger partial charge < -0.3 is 14.8 Å². The van der Waals surface area contributed by atoms with Crippen molar-refractivity contribution in [3.05, 3.63) is 36.0 Å². The van der Waals surface area contributed by atoms with E-state index in [1.165, 1.54) is 4.90 Å². The molecule has 1 fully saturated rings. The predicted octanol–water partition coefficient (Wildman–Crippen LogP) is 1.86. The number of carbonyl (C=O) groups is 2. The number of nitrogens with zero attached hydrogens (tertiary/aromatic N) is 2. The number of amides is 2.